The van der Waals surface area contributed by atoms with Crippen LogP contribution in [-0.4, -0.2) is 35.4 Å². The van der Waals surface area contributed by atoms with Gasteiger partial charge in [-0.05, 0) is 42.3 Å². The number of nitrogens with one attached hydrogen (secondary N) is 3. The normalized spacial score (nSPS) is 17.1. The maximum atomic E-state index is 11.9. The number of hydrogen-bond acceptors (Lipinski definition) is 4. The number of carbonyl (C=O) groups excluding carboxylic acids is 1. The van der Waals surface area contributed by atoms with Crippen molar-refractivity contribution in [3.63, 3.8) is 0 Å². The predicted octanol–water partition coefficient (Wildman–Crippen LogP) is 1.46. The molecule has 0 bridgehead atoms. The van der Waals surface area contributed by atoms with E-state index in [1.54, 1.807) is 0 Å². The molecule has 1 aliphatic heterocycles. The van der Waals surface area contributed by atoms with E-state index < -0.39 is 4.92 Å². The van der Waals surface area contributed by atoms with Crippen molar-refractivity contribution in [3.05, 3.63) is 27.9 Å². The molecule has 2 heterocycles. The fourth-order valence-corrected chi connectivity index (χ4v) is 2.22. The quantitative estimate of drug-likeness (QED) is 0.579. The number of H-pyrrole nitrogens is 1. The van der Waals surface area contributed by atoms with E-state index in [1.165, 1.54) is 12.1 Å². The second-order valence-electron chi connectivity index (χ2n) is 5.26. The average molecular weight is 303 g/mol. The van der Waals surface area contributed by atoms with Crippen LogP contribution in [0, 0.1) is 15.5 Å². The number of piperidine rings is 1. The zero-order valence-corrected chi connectivity index (χ0v) is 12.1. The Labute approximate surface area is 123 Å². The van der Waals surface area contributed by atoms with Crippen molar-refractivity contribution in [2.75, 3.05) is 19.6 Å². The molecule has 112 valence electrons. The second-order valence-corrected chi connectivity index (χ2v) is 5.26. The highest BCUT2D eigenvalue weighted by Gasteiger charge is 2.27. The summed E-state index contributed by atoms with van der Waals surface area (Å²) in [5, 5.41) is 16.7. The molecule has 3 N–H and O–H groups in total. The standard InChI is InChI=1S/C12H18N4O3.ClH/c1-12(4-6-13-7-5-12)8-14-11(17)9-2-3-10(15-9)16(18)19;/h2-3,13,15H,4-8H2,1H3,(H,14,17);1H. The largest absolute Gasteiger partial charge is 0.358 e. The number of nitrogens with zero attached hydrogens (tertiary/aromatic N) is 1. The van der Waals surface area contributed by atoms with Gasteiger partial charge in [-0.3, -0.25) is 4.79 Å². The van der Waals surface area contributed by atoms with E-state index in [1.807, 2.05) is 0 Å². The highest BCUT2D eigenvalue weighted by atomic mass is 35.5. The van der Waals surface area contributed by atoms with Gasteiger partial charge in [-0.1, -0.05) is 6.92 Å². The van der Waals surface area contributed by atoms with Crippen LogP contribution in [0.2, 0.25) is 0 Å². The van der Waals surface area contributed by atoms with Crippen molar-refractivity contribution in [2.45, 2.75) is 19.8 Å². The first-order valence-electron chi connectivity index (χ1n) is 6.32. The summed E-state index contributed by atoms with van der Waals surface area (Å²) < 4.78 is 0. The summed E-state index contributed by atoms with van der Waals surface area (Å²) in [5.74, 6) is -0.467. The number of aromatic nitrogens is 1. The molecule has 0 atom stereocenters. The first-order valence-corrected chi connectivity index (χ1v) is 6.32. The highest BCUT2D eigenvalue weighted by Crippen LogP contribution is 2.26. The lowest BCUT2D eigenvalue weighted by Gasteiger charge is -2.33. The van der Waals surface area contributed by atoms with Crippen LogP contribution in [0.15, 0.2) is 12.1 Å². The molecular formula is C12H19ClN4O3. The van der Waals surface area contributed by atoms with Crippen molar-refractivity contribution in [1.82, 2.24) is 15.6 Å². The molecule has 1 aliphatic rings. The molecule has 0 aliphatic carbocycles. The van der Waals surface area contributed by atoms with Crippen molar-refractivity contribution in [2.24, 2.45) is 5.41 Å². The topological polar surface area (TPSA) is 100 Å². The molecule has 1 saturated heterocycles. The Morgan fingerprint density at radius 2 is 2.10 bits per heavy atom. The average Bonchev–Trinajstić information content (AvgIpc) is 2.87. The van der Waals surface area contributed by atoms with Crippen LogP contribution in [0.4, 0.5) is 5.82 Å². The van der Waals surface area contributed by atoms with Crippen LogP contribution in [0.25, 0.3) is 0 Å². The van der Waals surface area contributed by atoms with E-state index in [4.69, 9.17) is 0 Å². The summed E-state index contributed by atoms with van der Waals surface area (Å²) in [4.78, 5) is 24.4. The summed E-state index contributed by atoms with van der Waals surface area (Å²) in [6.45, 7) is 4.65. The van der Waals surface area contributed by atoms with Gasteiger partial charge in [0.15, 0.2) is 5.69 Å². The predicted molar refractivity (Wildman–Crippen MR) is 77.2 cm³/mol. The molecule has 1 amide bonds. The Hall–Kier alpha value is -1.60. The Morgan fingerprint density at radius 1 is 1.45 bits per heavy atom. The third-order valence-electron chi connectivity index (χ3n) is 3.60. The van der Waals surface area contributed by atoms with E-state index in [2.05, 4.69) is 22.5 Å². The third-order valence-corrected chi connectivity index (χ3v) is 3.60. The van der Waals surface area contributed by atoms with Crippen LogP contribution in [-0.2, 0) is 0 Å². The van der Waals surface area contributed by atoms with Gasteiger partial charge in [-0.15, -0.1) is 12.4 Å². The Balaban J connectivity index is 0.00000200. The molecule has 1 aromatic heterocycles. The molecule has 1 fully saturated rings. The van der Waals surface area contributed by atoms with Gasteiger partial charge in [0.2, 0.25) is 0 Å². The molecule has 7 nitrogen and oxygen atoms in total. The molecule has 20 heavy (non-hydrogen) atoms. The van der Waals surface area contributed by atoms with Crippen LogP contribution in [0.3, 0.4) is 0 Å². The molecule has 8 heteroatoms. The van der Waals surface area contributed by atoms with E-state index in [9.17, 15) is 14.9 Å². The maximum absolute atomic E-state index is 11.9. The van der Waals surface area contributed by atoms with Gasteiger partial charge in [-0.25, -0.2) is 4.98 Å². The summed E-state index contributed by atoms with van der Waals surface area (Å²) in [6, 6.07) is 2.72. The zero-order chi connectivity index (χ0) is 13.9. The van der Waals surface area contributed by atoms with Gasteiger partial charge < -0.3 is 20.7 Å². The van der Waals surface area contributed by atoms with Gasteiger partial charge in [-0.2, -0.15) is 0 Å². The molecular weight excluding hydrogens is 284 g/mol. The number of amides is 1. The van der Waals surface area contributed by atoms with E-state index in [0.29, 0.717) is 6.54 Å². The van der Waals surface area contributed by atoms with Crippen molar-refractivity contribution < 1.29 is 9.72 Å². The number of halogens is 1. The number of carbonyl (C=O) groups is 1. The molecule has 0 saturated carbocycles. The lowest BCUT2D eigenvalue weighted by molar-refractivity contribution is -0.389. The van der Waals surface area contributed by atoms with Crippen LogP contribution in [0.5, 0.6) is 0 Å². The number of nitro groups is 1. The van der Waals surface area contributed by atoms with E-state index >= 15 is 0 Å². The molecule has 2 rings (SSSR count). The highest BCUT2D eigenvalue weighted by molar-refractivity contribution is 5.92. The minimum atomic E-state index is -0.551. The Kier molecular flexibility index (Phi) is 5.52. The van der Waals surface area contributed by atoms with E-state index in [-0.39, 0.29) is 35.2 Å². The van der Waals surface area contributed by atoms with Gasteiger partial charge in [0, 0.05) is 12.6 Å². The summed E-state index contributed by atoms with van der Waals surface area (Å²) >= 11 is 0. The smallest absolute Gasteiger partial charge is 0.321 e. The maximum Gasteiger partial charge on any atom is 0.321 e. The molecule has 0 aromatic carbocycles. The minimum absolute atomic E-state index is 0. The molecule has 1 aromatic rings. The third kappa shape index (κ3) is 3.94. The molecule has 0 unspecified atom stereocenters. The van der Waals surface area contributed by atoms with Crippen molar-refractivity contribution in [1.29, 1.82) is 0 Å². The lowest BCUT2D eigenvalue weighted by Crippen LogP contribution is -2.42. The second kappa shape index (κ2) is 6.71. The van der Waals surface area contributed by atoms with E-state index in [0.717, 1.165) is 25.9 Å². The van der Waals surface area contributed by atoms with Gasteiger partial charge in [0.05, 0.1) is 0 Å². The van der Waals surface area contributed by atoms with Gasteiger partial charge in [0.1, 0.15) is 0 Å². The van der Waals surface area contributed by atoms with Gasteiger partial charge in [0.25, 0.3) is 5.91 Å². The van der Waals surface area contributed by atoms with Crippen molar-refractivity contribution >= 4 is 24.1 Å². The molecule has 0 spiro atoms. The Morgan fingerprint density at radius 3 is 2.65 bits per heavy atom. The first-order chi connectivity index (χ1) is 9.00. The molecule has 0 radical (unpaired) electrons. The van der Waals surface area contributed by atoms with Crippen LogP contribution in [0.1, 0.15) is 30.3 Å². The van der Waals surface area contributed by atoms with Crippen LogP contribution < -0.4 is 10.6 Å². The van der Waals surface area contributed by atoms with Gasteiger partial charge >= 0.3 is 5.82 Å². The lowest BCUT2D eigenvalue weighted by atomic mass is 9.81. The first kappa shape index (κ1) is 16.5. The van der Waals surface area contributed by atoms with Crippen LogP contribution >= 0.6 is 12.4 Å². The number of aromatic amines is 1. The number of hydrogen-bond donors (Lipinski definition) is 3. The summed E-state index contributed by atoms with van der Waals surface area (Å²) in [7, 11) is 0. The summed E-state index contributed by atoms with van der Waals surface area (Å²) in [6.07, 6.45) is 2.02. The SMILES string of the molecule is CC1(CNC(=O)c2ccc([N+](=O)[O-])[nH]2)CCNCC1.Cl. The van der Waals surface area contributed by atoms with Crippen molar-refractivity contribution in [3.8, 4) is 0 Å². The fraction of sp³-hybridized carbons (Fsp3) is 0.583. The zero-order valence-electron chi connectivity index (χ0n) is 11.3. The Bertz CT molecular complexity index is 483. The number of rotatable bonds is 4. The summed E-state index contributed by atoms with van der Waals surface area (Å²) in [5.41, 5.74) is 0.323. The fourth-order valence-electron chi connectivity index (χ4n) is 2.22. The monoisotopic (exact) mass is 302 g/mol. The minimum Gasteiger partial charge on any atom is -0.358 e.